The van der Waals surface area contributed by atoms with Gasteiger partial charge in [0.15, 0.2) is 12.3 Å². The normalized spacial score (nSPS) is 14.8. The second-order valence-corrected chi connectivity index (χ2v) is 6.92. The number of ketones is 1. The fourth-order valence-electron chi connectivity index (χ4n) is 3.26. The standard InChI is InChI=1S/C21H24FN3O2/c1-16(26)18-4-8-20(9-5-18)25-12-10-24(11-13-25)15-21(27)23-14-17-2-6-19(22)7-3-17/h2-9H,10-15H2,1H3,(H,23,27)/p+1. The zero-order valence-electron chi connectivity index (χ0n) is 15.5. The summed E-state index contributed by atoms with van der Waals surface area (Å²) in [6, 6.07) is 13.8. The van der Waals surface area contributed by atoms with Gasteiger partial charge in [-0.2, -0.15) is 0 Å². The summed E-state index contributed by atoms with van der Waals surface area (Å²) < 4.78 is 12.9. The Bertz CT molecular complexity index is 782. The number of halogens is 1. The highest BCUT2D eigenvalue weighted by Crippen LogP contribution is 2.15. The van der Waals surface area contributed by atoms with Crippen LogP contribution in [-0.4, -0.2) is 44.4 Å². The summed E-state index contributed by atoms with van der Waals surface area (Å²) in [6.07, 6.45) is 0. The molecule has 0 aliphatic carbocycles. The van der Waals surface area contributed by atoms with Crippen molar-refractivity contribution in [3.8, 4) is 0 Å². The third kappa shape index (κ3) is 5.37. The van der Waals surface area contributed by atoms with Crippen LogP contribution in [-0.2, 0) is 11.3 Å². The molecule has 1 amide bonds. The highest BCUT2D eigenvalue weighted by atomic mass is 19.1. The highest BCUT2D eigenvalue weighted by Gasteiger charge is 2.22. The lowest BCUT2D eigenvalue weighted by molar-refractivity contribution is -0.892. The van der Waals surface area contributed by atoms with E-state index in [1.165, 1.54) is 17.0 Å². The average Bonchev–Trinajstić information content (AvgIpc) is 2.68. The number of hydrogen-bond acceptors (Lipinski definition) is 3. The zero-order chi connectivity index (χ0) is 19.2. The van der Waals surface area contributed by atoms with Crippen LogP contribution in [0.5, 0.6) is 0 Å². The summed E-state index contributed by atoms with van der Waals surface area (Å²) in [4.78, 5) is 27.1. The number of benzene rings is 2. The van der Waals surface area contributed by atoms with Crippen LogP contribution in [0.4, 0.5) is 10.1 Å². The summed E-state index contributed by atoms with van der Waals surface area (Å²) in [5.74, 6) is -0.195. The van der Waals surface area contributed by atoms with Gasteiger partial charge >= 0.3 is 0 Å². The Hall–Kier alpha value is -2.73. The van der Waals surface area contributed by atoms with Crippen LogP contribution in [0.1, 0.15) is 22.8 Å². The second-order valence-electron chi connectivity index (χ2n) is 6.92. The maximum atomic E-state index is 12.9. The first-order valence-corrected chi connectivity index (χ1v) is 9.22. The summed E-state index contributed by atoms with van der Waals surface area (Å²) in [6.45, 7) is 5.95. The molecule has 1 aliphatic heterocycles. The van der Waals surface area contributed by atoms with E-state index in [9.17, 15) is 14.0 Å². The smallest absolute Gasteiger partial charge is 0.275 e. The number of Topliss-reactive ketones (excluding diaryl/α,β-unsaturated/α-hetero) is 1. The lowest BCUT2D eigenvalue weighted by Gasteiger charge is -2.33. The maximum absolute atomic E-state index is 12.9. The van der Waals surface area contributed by atoms with E-state index < -0.39 is 0 Å². The Morgan fingerprint density at radius 3 is 2.26 bits per heavy atom. The van der Waals surface area contributed by atoms with Crippen molar-refractivity contribution in [1.82, 2.24) is 5.32 Å². The predicted octanol–water partition coefficient (Wildman–Crippen LogP) is 1.05. The SMILES string of the molecule is CC(=O)c1ccc(N2CC[NH+](CC(=O)NCc3ccc(F)cc3)CC2)cc1. The Kier molecular flexibility index (Phi) is 6.19. The first-order valence-electron chi connectivity index (χ1n) is 9.22. The van der Waals surface area contributed by atoms with Crippen molar-refractivity contribution in [3.63, 3.8) is 0 Å². The van der Waals surface area contributed by atoms with Crippen LogP contribution < -0.4 is 15.1 Å². The molecule has 2 N–H and O–H groups in total. The Morgan fingerprint density at radius 2 is 1.67 bits per heavy atom. The predicted molar refractivity (Wildman–Crippen MR) is 102 cm³/mol. The number of nitrogens with one attached hydrogen (secondary N) is 2. The molecule has 0 bridgehead atoms. The van der Waals surface area contributed by atoms with E-state index in [4.69, 9.17) is 0 Å². The average molecular weight is 370 g/mol. The van der Waals surface area contributed by atoms with Gasteiger partial charge in [-0.3, -0.25) is 9.59 Å². The minimum Gasteiger partial charge on any atom is -0.360 e. The van der Waals surface area contributed by atoms with Gasteiger partial charge in [0.1, 0.15) is 5.82 Å². The number of nitrogens with zero attached hydrogens (tertiary/aromatic N) is 1. The van der Waals surface area contributed by atoms with Crippen LogP contribution in [0.25, 0.3) is 0 Å². The molecule has 6 heteroatoms. The molecule has 0 aromatic heterocycles. The zero-order valence-corrected chi connectivity index (χ0v) is 15.5. The van der Waals surface area contributed by atoms with Crippen LogP contribution in [0.15, 0.2) is 48.5 Å². The number of quaternary nitrogens is 1. The molecule has 5 nitrogen and oxygen atoms in total. The molecule has 1 fully saturated rings. The van der Waals surface area contributed by atoms with Crippen molar-refractivity contribution < 1.29 is 18.9 Å². The Labute approximate surface area is 158 Å². The largest absolute Gasteiger partial charge is 0.360 e. The van der Waals surface area contributed by atoms with Crippen molar-refractivity contribution >= 4 is 17.4 Å². The van der Waals surface area contributed by atoms with E-state index in [1.54, 1.807) is 19.1 Å². The highest BCUT2D eigenvalue weighted by molar-refractivity contribution is 5.94. The topological polar surface area (TPSA) is 53.9 Å². The van der Waals surface area contributed by atoms with Gasteiger partial charge in [-0.1, -0.05) is 12.1 Å². The van der Waals surface area contributed by atoms with Gasteiger partial charge in [0.2, 0.25) is 0 Å². The third-order valence-corrected chi connectivity index (χ3v) is 4.92. The van der Waals surface area contributed by atoms with E-state index in [2.05, 4.69) is 10.2 Å². The van der Waals surface area contributed by atoms with Crippen LogP contribution in [0.3, 0.4) is 0 Å². The van der Waals surface area contributed by atoms with Gasteiger partial charge in [0.05, 0.1) is 26.2 Å². The summed E-state index contributed by atoms with van der Waals surface area (Å²) in [5.41, 5.74) is 2.72. The van der Waals surface area contributed by atoms with Crippen molar-refractivity contribution in [2.24, 2.45) is 0 Å². The monoisotopic (exact) mass is 370 g/mol. The lowest BCUT2D eigenvalue weighted by atomic mass is 10.1. The molecule has 2 aromatic carbocycles. The quantitative estimate of drug-likeness (QED) is 0.748. The summed E-state index contributed by atoms with van der Waals surface area (Å²) >= 11 is 0. The van der Waals surface area contributed by atoms with Crippen LogP contribution in [0.2, 0.25) is 0 Å². The van der Waals surface area contributed by atoms with E-state index in [-0.39, 0.29) is 17.5 Å². The first-order chi connectivity index (χ1) is 13.0. The lowest BCUT2D eigenvalue weighted by Crippen LogP contribution is -3.15. The number of rotatable bonds is 6. The summed E-state index contributed by atoms with van der Waals surface area (Å²) in [5, 5.41) is 2.90. The van der Waals surface area contributed by atoms with Gasteiger partial charge in [0, 0.05) is 17.8 Å². The molecule has 0 saturated carbocycles. The Morgan fingerprint density at radius 1 is 1.04 bits per heavy atom. The Balaban J connectivity index is 1.42. The van der Waals surface area contributed by atoms with Gasteiger partial charge in [0.25, 0.3) is 5.91 Å². The minimum absolute atomic E-state index is 0.00795. The van der Waals surface area contributed by atoms with E-state index in [0.717, 1.165) is 43.0 Å². The van der Waals surface area contributed by atoms with Crippen LogP contribution >= 0.6 is 0 Å². The molecule has 0 radical (unpaired) electrons. The van der Waals surface area contributed by atoms with Crippen molar-refractivity contribution in [2.75, 3.05) is 37.6 Å². The molecule has 0 spiro atoms. The molecule has 1 saturated heterocycles. The molecule has 27 heavy (non-hydrogen) atoms. The van der Waals surface area contributed by atoms with E-state index in [1.807, 2.05) is 24.3 Å². The molecule has 0 atom stereocenters. The van der Waals surface area contributed by atoms with Gasteiger partial charge in [-0.15, -0.1) is 0 Å². The number of amides is 1. The molecule has 3 rings (SSSR count). The van der Waals surface area contributed by atoms with E-state index in [0.29, 0.717) is 13.1 Å². The molecule has 1 heterocycles. The molecule has 1 aliphatic rings. The number of carbonyl (C=O) groups is 2. The molecular weight excluding hydrogens is 345 g/mol. The van der Waals surface area contributed by atoms with Crippen molar-refractivity contribution in [3.05, 3.63) is 65.5 Å². The summed E-state index contributed by atoms with van der Waals surface area (Å²) in [7, 11) is 0. The fraction of sp³-hybridized carbons (Fsp3) is 0.333. The van der Waals surface area contributed by atoms with Crippen molar-refractivity contribution in [2.45, 2.75) is 13.5 Å². The maximum Gasteiger partial charge on any atom is 0.275 e. The molecular formula is C21H25FN3O2+. The second kappa shape index (κ2) is 8.77. The van der Waals surface area contributed by atoms with E-state index >= 15 is 0 Å². The molecule has 0 unspecified atom stereocenters. The van der Waals surface area contributed by atoms with Crippen molar-refractivity contribution in [1.29, 1.82) is 0 Å². The number of anilines is 1. The minimum atomic E-state index is -0.275. The number of piperazine rings is 1. The first kappa shape index (κ1) is 19.0. The van der Waals surface area contributed by atoms with Gasteiger partial charge < -0.3 is 15.1 Å². The van der Waals surface area contributed by atoms with Gasteiger partial charge in [-0.05, 0) is 48.9 Å². The van der Waals surface area contributed by atoms with Gasteiger partial charge in [-0.25, -0.2) is 4.39 Å². The van der Waals surface area contributed by atoms with Crippen LogP contribution in [0, 0.1) is 5.82 Å². The number of hydrogen-bond donors (Lipinski definition) is 2. The molecule has 142 valence electrons. The third-order valence-electron chi connectivity index (χ3n) is 4.92. The molecule has 2 aromatic rings. The number of carbonyl (C=O) groups excluding carboxylic acids is 2. The fourth-order valence-corrected chi connectivity index (χ4v) is 3.26.